The first-order chi connectivity index (χ1) is 33.0. The van der Waals surface area contributed by atoms with Crippen LogP contribution in [0.3, 0.4) is 0 Å². The molecule has 0 amide bonds. The molecule has 0 radical (unpaired) electrons. The lowest BCUT2D eigenvalue weighted by Crippen LogP contribution is -2.30. The van der Waals surface area contributed by atoms with E-state index in [0.29, 0.717) is 19.3 Å². The predicted octanol–water partition coefficient (Wildman–Crippen LogP) is 20.1. The summed E-state index contributed by atoms with van der Waals surface area (Å²) in [4.78, 5) is 38.2. The van der Waals surface area contributed by atoms with E-state index < -0.39 is 6.10 Å². The number of carbonyl (C=O) groups is 3. The maximum absolute atomic E-state index is 12.9. The molecule has 6 heteroatoms. The minimum Gasteiger partial charge on any atom is -0.462 e. The largest absolute Gasteiger partial charge is 0.462 e. The Bertz CT molecular complexity index is 1040. The molecule has 0 bridgehead atoms. The Morgan fingerprint density at radius 2 is 0.493 bits per heavy atom. The van der Waals surface area contributed by atoms with Crippen molar-refractivity contribution in [2.75, 3.05) is 13.2 Å². The van der Waals surface area contributed by atoms with Gasteiger partial charge in [0.25, 0.3) is 0 Å². The van der Waals surface area contributed by atoms with Crippen molar-refractivity contribution in [2.24, 2.45) is 0 Å². The van der Waals surface area contributed by atoms with Crippen LogP contribution in [0.2, 0.25) is 0 Å². The molecule has 67 heavy (non-hydrogen) atoms. The summed E-state index contributed by atoms with van der Waals surface area (Å²) in [6, 6.07) is 0. The van der Waals surface area contributed by atoms with Crippen LogP contribution in [0.25, 0.3) is 0 Å². The molecular weight excluding hydrogens is 829 g/mol. The first-order valence-electron chi connectivity index (χ1n) is 30.2. The molecule has 0 heterocycles. The topological polar surface area (TPSA) is 78.9 Å². The van der Waals surface area contributed by atoms with E-state index in [1.165, 1.54) is 238 Å². The second kappa shape index (κ2) is 56.7. The minimum atomic E-state index is -0.768. The highest BCUT2D eigenvalue weighted by Crippen LogP contribution is 2.18. The molecule has 1 atom stereocenters. The lowest BCUT2D eigenvalue weighted by Gasteiger charge is -2.18. The van der Waals surface area contributed by atoms with Crippen LogP contribution in [0.15, 0.2) is 12.2 Å². The third-order valence-corrected chi connectivity index (χ3v) is 13.8. The first-order valence-corrected chi connectivity index (χ1v) is 30.2. The van der Waals surface area contributed by atoms with Gasteiger partial charge in [-0.05, 0) is 44.9 Å². The summed E-state index contributed by atoms with van der Waals surface area (Å²) in [5.41, 5.74) is 0. The van der Waals surface area contributed by atoms with Crippen molar-refractivity contribution >= 4 is 17.9 Å². The third kappa shape index (κ3) is 55.0. The smallest absolute Gasteiger partial charge is 0.306 e. The Kier molecular flexibility index (Phi) is 55.2. The van der Waals surface area contributed by atoms with Gasteiger partial charge in [-0.1, -0.05) is 290 Å². The van der Waals surface area contributed by atoms with E-state index in [0.717, 1.165) is 64.2 Å². The van der Waals surface area contributed by atoms with E-state index in [-0.39, 0.29) is 31.1 Å². The Morgan fingerprint density at radius 3 is 0.761 bits per heavy atom. The van der Waals surface area contributed by atoms with Crippen molar-refractivity contribution in [3.8, 4) is 0 Å². The molecule has 0 aliphatic rings. The van der Waals surface area contributed by atoms with E-state index in [4.69, 9.17) is 14.2 Å². The molecule has 0 unspecified atom stereocenters. The molecule has 0 rings (SSSR count). The van der Waals surface area contributed by atoms with Gasteiger partial charge in [0, 0.05) is 19.3 Å². The molecule has 0 aromatic carbocycles. The van der Waals surface area contributed by atoms with Crippen LogP contribution < -0.4 is 0 Å². The van der Waals surface area contributed by atoms with Gasteiger partial charge in [0.1, 0.15) is 13.2 Å². The summed E-state index contributed by atoms with van der Waals surface area (Å²) in [7, 11) is 0. The highest BCUT2D eigenvalue weighted by molar-refractivity contribution is 5.71. The lowest BCUT2D eigenvalue weighted by molar-refractivity contribution is -0.167. The van der Waals surface area contributed by atoms with Crippen molar-refractivity contribution in [2.45, 2.75) is 348 Å². The molecule has 0 saturated carbocycles. The van der Waals surface area contributed by atoms with E-state index in [2.05, 4.69) is 32.9 Å². The molecule has 0 aromatic heterocycles. The Morgan fingerprint density at radius 1 is 0.284 bits per heavy atom. The quantitative estimate of drug-likeness (QED) is 0.0262. The summed E-state index contributed by atoms with van der Waals surface area (Å²) in [5.74, 6) is -0.848. The standard InChI is InChI=1S/C61H116O6/c1-4-7-10-13-16-19-22-25-27-29-31-33-36-39-42-45-48-51-54-60(63)66-57-58(56-65-59(62)53-50-47-44-41-38-35-24-21-18-15-12-9-6-3)67-61(64)55-52-49-46-43-40-37-34-32-30-28-26-23-20-17-14-11-8-5-2/h21,24,58H,4-20,22-23,25-57H2,1-3H3/b24-21-/t58-/m1/s1. The molecule has 0 aliphatic heterocycles. The normalized spacial score (nSPS) is 12.0. The van der Waals surface area contributed by atoms with Crippen molar-refractivity contribution in [1.29, 1.82) is 0 Å². The molecule has 0 fully saturated rings. The molecule has 0 saturated heterocycles. The highest BCUT2D eigenvalue weighted by atomic mass is 16.6. The number of hydrogen-bond acceptors (Lipinski definition) is 6. The fraction of sp³-hybridized carbons (Fsp3) is 0.918. The fourth-order valence-corrected chi connectivity index (χ4v) is 9.21. The molecule has 6 nitrogen and oxygen atoms in total. The van der Waals surface area contributed by atoms with Crippen LogP contribution in [0, 0.1) is 0 Å². The number of ether oxygens (including phenoxy) is 3. The van der Waals surface area contributed by atoms with Crippen LogP contribution >= 0.6 is 0 Å². The fourth-order valence-electron chi connectivity index (χ4n) is 9.21. The predicted molar refractivity (Wildman–Crippen MR) is 289 cm³/mol. The second-order valence-corrected chi connectivity index (χ2v) is 20.6. The van der Waals surface area contributed by atoms with Gasteiger partial charge in [0.05, 0.1) is 0 Å². The van der Waals surface area contributed by atoms with Crippen LogP contribution in [0.4, 0.5) is 0 Å². The van der Waals surface area contributed by atoms with Gasteiger partial charge in [-0.25, -0.2) is 0 Å². The van der Waals surface area contributed by atoms with E-state index in [1.54, 1.807) is 0 Å². The molecule has 0 N–H and O–H groups in total. The summed E-state index contributed by atoms with van der Waals surface area (Å²) in [6.07, 6.45) is 64.9. The number of esters is 3. The zero-order valence-electron chi connectivity index (χ0n) is 45.5. The molecule has 0 aromatic rings. The maximum atomic E-state index is 12.9. The van der Waals surface area contributed by atoms with Crippen molar-refractivity contribution in [1.82, 2.24) is 0 Å². The van der Waals surface area contributed by atoms with Crippen LogP contribution in [-0.2, 0) is 28.6 Å². The van der Waals surface area contributed by atoms with Crippen molar-refractivity contribution < 1.29 is 28.6 Å². The number of rotatable bonds is 56. The van der Waals surface area contributed by atoms with Crippen LogP contribution in [0.1, 0.15) is 342 Å². The monoisotopic (exact) mass is 945 g/mol. The third-order valence-electron chi connectivity index (χ3n) is 13.8. The Balaban J connectivity index is 4.29. The van der Waals surface area contributed by atoms with Crippen molar-refractivity contribution in [3.05, 3.63) is 12.2 Å². The number of unbranched alkanes of at least 4 members (excludes halogenated alkanes) is 43. The molecular formula is C61H116O6. The van der Waals surface area contributed by atoms with Gasteiger partial charge in [0.15, 0.2) is 6.10 Å². The van der Waals surface area contributed by atoms with Crippen LogP contribution in [-0.4, -0.2) is 37.2 Å². The van der Waals surface area contributed by atoms with E-state index >= 15 is 0 Å². The zero-order valence-corrected chi connectivity index (χ0v) is 45.5. The van der Waals surface area contributed by atoms with Crippen LogP contribution in [0.5, 0.6) is 0 Å². The average molecular weight is 946 g/mol. The number of carbonyl (C=O) groups excluding carboxylic acids is 3. The Hall–Kier alpha value is -1.85. The van der Waals surface area contributed by atoms with E-state index in [1.807, 2.05) is 0 Å². The van der Waals surface area contributed by atoms with Gasteiger partial charge in [0.2, 0.25) is 0 Å². The van der Waals surface area contributed by atoms with Gasteiger partial charge < -0.3 is 14.2 Å². The molecule has 396 valence electrons. The summed E-state index contributed by atoms with van der Waals surface area (Å²) < 4.78 is 16.9. The Labute approximate surface area is 418 Å². The molecule has 0 aliphatic carbocycles. The highest BCUT2D eigenvalue weighted by Gasteiger charge is 2.19. The summed E-state index contributed by atoms with van der Waals surface area (Å²) in [6.45, 7) is 6.69. The second-order valence-electron chi connectivity index (χ2n) is 20.6. The number of allylic oxidation sites excluding steroid dienone is 2. The maximum Gasteiger partial charge on any atom is 0.306 e. The van der Waals surface area contributed by atoms with Gasteiger partial charge in [-0.2, -0.15) is 0 Å². The number of hydrogen-bond donors (Lipinski definition) is 0. The summed E-state index contributed by atoms with van der Waals surface area (Å²) in [5, 5.41) is 0. The molecule has 0 spiro atoms. The first kappa shape index (κ1) is 65.1. The SMILES string of the molecule is CCCCCC/C=C\CCCCCCCC(=O)OC[C@H](COC(=O)CCCCCCCCCCCCCCCCCCCC)OC(=O)CCCCCCCCCCCCCCCCCCCC. The van der Waals surface area contributed by atoms with E-state index in [9.17, 15) is 14.4 Å². The van der Waals surface area contributed by atoms with Gasteiger partial charge >= 0.3 is 17.9 Å². The zero-order chi connectivity index (χ0) is 48.6. The average Bonchev–Trinajstić information content (AvgIpc) is 3.33. The summed E-state index contributed by atoms with van der Waals surface area (Å²) >= 11 is 0. The van der Waals surface area contributed by atoms with Gasteiger partial charge in [-0.3, -0.25) is 14.4 Å². The van der Waals surface area contributed by atoms with Gasteiger partial charge in [-0.15, -0.1) is 0 Å². The lowest BCUT2D eigenvalue weighted by atomic mass is 10.0. The minimum absolute atomic E-state index is 0.0663. The van der Waals surface area contributed by atoms with Crippen molar-refractivity contribution in [3.63, 3.8) is 0 Å².